The molecular formula is C17H29F3N2O3. The highest BCUT2D eigenvalue weighted by atomic mass is 19.4. The molecule has 0 aromatic rings. The number of hydrogen-bond acceptors (Lipinski definition) is 4. The molecule has 0 aliphatic rings. The third kappa shape index (κ3) is 17.1. The molecule has 0 radical (unpaired) electrons. The Kier molecular flexibility index (Phi) is 12.9. The molecule has 0 fully saturated rings. The molecule has 1 atom stereocenters. The van der Waals surface area contributed by atoms with Crippen LogP contribution in [0, 0.1) is 11.5 Å². The van der Waals surface area contributed by atoms with Crippen LogP contribution >= 0.6 is 0 Å². The fraction of sp³-hybridized carbons (Fsp3) is 0.882. The quantitative estimate of drug-likeness (QED) is 0.259. The number of carbonyl (C=O) groups is 1. The first kappa shape index (κ1) is 23.5. The summed E-state index contributed by atoms with van der Waals surface area (Å²) in [5, 5.41) is 27.3. The Labute approximate surface area is 147 Å². The van der Waals surface area contributed by atoms with Crippen molar-refractivity contribution in [3.63, 3.8) is 0 Å². The average molecular weight is 366 g/mol. The first-order valence-corrected chi connectivity index (χ1v) is 8.86. The normalized spacial score (nSPS) is 12.6. The van der Waals surface area contributed by atoms with Crippen molar-refractivity contribution in [3.8, 4) is 6.19 Å². The highest BCUT2D eigenvalue weighted by Gasteiger charge is 2.25. The van der Waals surface area contributed by atoms with Crippen LogP contribution < -0.4 is 0 Å². The Morgan fingerprint density at radius 3 is 2.20 bits per heavy atom. The first-order valence-electron chi connectivity index (χ1n) is 8.86. The molecule has 0 amide bonds. The van der Waals surface area contributed by atoms with Crippen LogP contribution in [0.25, 0.3) is 0 Å². The number of unbranched alkanes of at least 4 members (excludes halogenated alkanes) is 4. The van der Waals surface area contributed by atoms with Gasteiger partial charge in [0.1, 0.15) is 0 Å². The second kappa shape index (κ2) is 13.8. The van der Waals surface area contributed by atoms with Crippen molar-refractivity contribution < 1.29 is 28.2 Å². The number of carboxylic acid groups (broad SMARTS) is 1. The Morgan fingerprint density at radius 1 is 1.00 bits per heavy atom. The molecule has 0 aliphatic heterocycles. The Bertz CT molecular complexity index is 398. The SMILES string of the molecule is N#CN(CCCCCCC(=O)O)CCCC(O)CCCCC(F)(F)F. The lowest BCUT2D eigenvalue weighted by Gasteiger charge is -2.17. The van der Waals surface area contributed by atoms with Gasteiger partial charge in [0.05, 0.1) is 6.10 Å². The van der Waals surface area contributed by atoms with Gasteiger partial charge in [-0.25, -0.2) is 0 Å². The van der Waals surface area contributed by atoms with Crippen LogP contribution in [0.4, 0.5) is 13.2 Å². The van der Waals surface area contributed by atoms with Gasteiger partial charge in [0.25, 0.3) is 0 Å². The molecular weight excluding hydrogens is 337 g/mol. The first-order chi connectivity index (χ1) is 11.7. The highest BCUT2D eigenvalue weighted by molar-refractivity contribution is 5.66. The Balaban J connectivity index is 3.62. The molecule has 0 rings (SSSR count). The maximum atomic E-state index is 12.0. The summed E-state index contributed by atoms with van der Waals surface area (Å²) in [6.45, 7) is 1.12. The summed E-state index contributed by atoms with van der Waals surface area (Å²) in [7, 11) is 0. The van der Waals surface area contributed by atoms with E-state index < -0.39 is 24.7 Å². The zero-order valence-corrected chi connectivity index (χ0v) is 14.6. The number of nitriles is 1. The lowest BCUT2D eigenvalue weighted by Crippen LogP contribution is -2.21. The average Bonchev–Trinajstić information content (AvgIpc) is 2.51. The van der Waals surface area contributed by atoms with Crippen LogP contribution in [-0.2, 0) is 4.79 Å². The molecule has 0 spiro atoms. The van der Waals surface area contributed by atoms with Gasteiger partial charge in [0, 0.05) is 25.9 Å². The van der Waals surface area contributed by atoms with Gasteiger partial charge >= 0.3 is 12.1 Å². The lowest BCUT2D eigenvalue weighted by atomic mass is 10.1. The number of halogens is 3. The van der Waals surface area contributed by atoms with E-state index in [2.05, 4.69) is 6.19 Å². The predicted octanol–water partition coefficient (Wildman–Crippen LogP) is 4.07. The maximum absolute atomic E-state index is 12.0. The van der Waals surface area contributed by atoms with Crippen LogP contribution in [0.3, 0.4) is 0 Å². The number of alkyl halides is 3. The van der Waals surface area contributed by atoms with Gasteiger partial charge in [-0.05, 0) is 38.5 Å². The summed E-state index contributed by atoms with van der Waals surface area (Å²) in [6.07, 6.45) is 1.66. The Morgan fingerprint density at radius 2 is 1.60 bits per heavy atom. The summed E-state index contributed by atoms with van der Waals surface area (Å²) >= 11 is 0. The van der Waals surface area contributed by atoms with Gasteiger partial charge in [-0.2, -0.15) is 18.4 Å². The monoisotopic (exact) mass is 366 g/mol. The van der Waals surface area contributed by atoms with Crippen LogP contribution in [0.1, 0.15) is 70.6 Å². The molecule has 0 heterocycles. The zero-order valence-electron chi connectivity index (χ0n) is 14.6. The Hall–Kier alpha value is -1.49. The topological polar surface area (TPSA) is 84.6 Å². The van der Waals surface area contributed by atoms with Crippen molar-refractivity contribution in [1.82, 2.24) is 4.90 Å². The number of nitrogens with zero attached hydrogens (tertiary/aromatic N) is 2. The van der Waals surface area contributed by atoms with E-state index in [0.29, 0.717) is 45.2 Å². The van der Waals surface area contributed by atoms with Crippen molar-refractivity contribution in [1.29, 1.82) is 5.26 Å². The molecule has 146 valence electrons. The molecule has 0 saturated carbocycles. The maximum Gasteiger partial charge on any atom is 0.389 e. The molecule has 2 N–H and O–H groups in total. The van der Waals surface area contributed by atoms with Crippen molar-refractivity contribution >= 4 is 5.97 Å². The van der Waals surface area contributed by atoms with Crippen LogP contribution in [0.15, 0.2) is 0 Å². The minimum absolute atomic E-state index is 0.0345. The summed E-state index contributed by atoms with van der Waals surface area (Å²) in [5.41, 5.74) is 0. The summed E-state index contributed by atoms with van der Waals surface area (Å²) < 4.78 is 36.0. The second-order valence-corrected chi connectivity index (χ2v) is 6.30. The number of carboxylic acids is 1. The number of aliphatic hydroxyl groups excluding tert-OH is 1. The van der Waals surface area contributed by atoms with Gasteiger partial charge < -0.3 is 15.1 Å². The number of rotatable bonds is 15. The van der Waals surface area contributed by atoms with Crippen LogP contribution in [-0.4, -0.2) is 46.5 Å². The minimum Gasteiger partial charge on any atom is -0.481 e. The van der Waals surface area contributed by atoms with E-state index in [1.807, 2.05) is 0 Å². The third-order valence-corrected chi connectivity index (χ3v) is 3.92. The zero-order chi connectivity index (χ0) is 19.1. The lowest BCUT2D eigenvalue weighted by molar-refractivity contribution is -0.137. The number of hydrogen-bond donors (Lipinski definition) is 2. The molecule has 25 heavy (non-hydrogen) atoms. The predicted molar refractivity (Wildman–Crippen MR) is 87.7 cm³/mol. The van der Waals surface area contributed by atoms with Gasteiger partial charge in [-0.15, -0.1) is 0 Å². The minimum atomic E-state index is -4.13. The molecule has 0 saturated heterocycles. The smallest absolute Gasteiger partial charge is 0.389 e. The van der Waals surface area contributed by atoms with E-state index >= 15 is 0 Å². The molecule has 0 aromatic heterocycles. The standard InChI is InChI=1S/C17H29F3N2O3/c18-17(19,20)11-5-4-8-15(23)9-7-13-22(14-21)12-6-2-1-3-10-16(24)25/h15,23H,1-13H2,(H,24,25). The molecule has 8 heteroatoms. The molecule has 0 aromatic carbocycles. The van der Waals surface area contributed by atoms with Crippen molar-refractivity contribution in [2.45, 2.75) is 82.9 Å². The van der Waals surface area contributed by atoms with E-state index in [0.717, 1.165) is 19.3 Å². The van der Waals surface area contributed by atoms with E-state index in [-0.39, 0.29) is 12.8 Å². The summed E-state index contributed by atoms with van der Waals surface area (Å²) in [5.74, 6) is -0.796. The fourth-order valence-electron chi connectivity index (χ4n) is 2.51. The largest absolute Gasteiger partial charge is 0.481 e. The van der Waals surface area contributed by atoms with Crippen molar-refractivity contribution in [2.24, 2.45) is 0 Å². The van der Waals surface area contributed by atoms with Gasteiger partial charge in [-0.1, -0.05) is 19.3 Å². The number of aliphatic carboxylic acids is 1. The summed E-state index contributed by atoms with van der Waals surface area (Å²) in [4.78, 5) is 12.0. The van der Waals surface area contributed by atoms with Gasteiger partial charge in [0.2, 0.25) is 0 Å². The molecule has 1 unspecified atom stereocenters. The van der Waals surface area contributed by atoms with Gasteiger partial charge in [-0.3, -0.25) is 4.79 Å². The fourth-order valence-corrected chi connectivity index (χ4v) is 2.51. The van der Waals surface area contributed by atoms with Crippen molar-refractivity contribution in [2.75, 3.05) is 13.1 Å². The van der Waals surface area contributed by atoms with E-state index in [9.17, 15) is 23.1 Å². The number of aliphatic hydroxyl groups is 1. The van der Waals surface area contributed by atoms with Crippen LogP contribution in [0.5, 0.6) is 0 Å². The van der Waals surface area contributed by atoms with E-state index in [4.69, 9.17) is 10.4 Å². The van der Waals surface area contributed by atoms with Crippen LogP contribution in [0.2, 0.25) is 0 Å². The molecule has 0 aliphatic carbocycles. The van der Waals surface area contributed by atoms with Gasteiger partial charge in [0.15, 0.2) is 6.19 Å². The molecule has 5 nitrogen and oxygen atoms in total. The van der Waals surface area contributed by atoms with E-state index in [1.165, 1.54) is 0 Å². The second-order valence-electron chi connectivity index (χ2n) is 6.30. The molecule has 0 bridgehead atoms. The van der Waals surface area contributed by atoms with E-state index in [1.54, 1.807) is 4.90 Å². The van der Waals surface area contributed by atoms with Crippen molar-refractivity contribution in [3.05, 3.63) is 0 Å². The summed E-state index contributed by atoms with van der Waals surface area (Å²) in [6, 6.07) is 0. The highest BCUT2D eigenvalue weighted by Crippen LogP contribution is 2.23. The third-order valence-electron chi connectivity index (χ3n) is 3.92.